The van der Waals surface area contributed by atoms with Gasteiger partial charge in [0.15, 0.2) is 11.5 Å². The first kappa shape index (κ1) is 15.9. The van der Waals surface area contributed by atoms with Gasteiger partial charge in [-0.1, -0.05) is 37.6 Å². The molecule has 0 unspecified atom stereocenters. The molecule has 0 saturated carbocycles. The number of methoxy groups -OCH3 is 2. The summed E-state index contributed by atoms with van der Waals surface area (Å²) in [6, 6.07) is 9.28. The van der Waals surface area contributed by atoms with E-state index in [1.165, 1.54) is 7.11 Å². The zero-order valence-electron chi connectivity index (χ0n) is 13.1. The number of rotatable bonds is 6. The van der Waals surface area contributed by atoms with Crippen molar-refractivity contribution in [2.24, 2.45) is 0 Å². The first-order valence-corrected chi connectivity index (χ1v) is 7.30. The number of fused-ring (bicyclic) bond motifs is 1. The van der Waals surface area contributed by atoms with Crippen LogP contribution in [-0.4, -0.2) is 26.9 Å². The van der Waals surface area contributed by atoms with Gasteiger partial charge in [-0.05, 0) is 6.42 Å². The lowest BCUT2D eigenvalue weighted by Crippen LogP contribution is -2.27. The highest BCUT2D eigenvalue weighted by molar-refractivity contribution is 5.97. The van der Waals surface area contributed by atoms with Gasteiger partial charge in [0.1, 0.15) is 5.75 Å². The molecule has 2 aromatic rings. The molecule has 5 heteroatoms. The topological polar surface area (TPSA) is 56.8 Å². The molecule has 118 valence electrons. The second kappa shape index (κ2) is 7.54. The van der Waals surface area contributed by atoms with Gasteiger partial charge in [0.2, 0.25) is 0 Å². The monoisotopic (exact) mass is 303 g/mol. The Morgan fingerprint density at radius 2 is 1.77 bits per heavy atom. The van der Waals surface area contributed by atoms with Gasteiger partial charge < -0.3 is 19.5 Å². The maximum absolute atomic E-state index is 11.9. The van der Waals surface area contributed by atoms with Crippen LogP contribution in [0.2, 0.25) is 0 Å². The van der Waals surface area contributed by atoms with E-state index in [-0.39, 0.29) is 0 Å². The highest BCUT2D eigenvalue weighted by Crippen LogP contribution is 2.41. The van der Waals surface area contributed by atoms with Crippen LogP contribution in [0.5, 0.6) is 17.2 Å². The Kier molecular flexibility index (Phi) is 5.47. The van der Waals surface area contributed by atoms with E-state index in [0.29, 0.717) is 23.8 Å². The highest BCUT2D eigenvalue weighted by Gasteiger charge is 2.17. The molecule has 0 aliphatic rings. The number of unbranched alkanes of at least 4 members (excludes halogenated alkanes) is 1. The quantitative estimate of drug-likeness (QED) is 0.826. The van der Waals surface area contributed by atoms with Crippen LogP contribution >= 0.6 is 0 Å². The summed E-state index contributed by atoms with van der Waals surface area (Å²) in [7, 11) is 3.13. The minimum absolute atomic E-state index is 0.396. The zero-order chi connectivity index (χ0) is 15.9. The third kappa shape index (κ3) is 3.42. The lowest BCUT2D eigenvalue weighted by molar-refractivity contribution is 0.199. The van der Waals surface area contributed by atoms with E-state index in [1.54, 1.807) is 13.2 Å². The van der Waals surface area contributed by atoms with Gasteiger partial charge in [0.05, 0.1) is 14.2 Å². The van der Waals surface area contributed by atoms with Crippen molar-refractivity contribution < 1.29 is 19.0 Å². The largest absolute Gasteiger partial charge is 0.496 e. The van der Waals surface area contributed by atoms with Crippen molar-refractivity contribution in [2.75, 3.05) is 20.8 Å². The first-order chi connectivity index (χ1) is 10.7. The molecule has 0 aromatic heterocycles. The molecular formula is C17H21NO4. The molecule has 1 N–H and O–H groups in total. The average Bonchev–Trinajstić information content (AvgIpc) is 2.55. The number of benzene rings is 2. The summed E-state index contributed by atoms with van der Waals surface area (Å²) in [5.74, 6) is 1.53. The fourth-order valence-electron chi connectivity index (χ4n) is 2.21. The molecule has 0 atom stereocenters. The first-order valence-electron chi connectivity index (χ1n) is 7.30. The Labute approximate surface area is 130 Å². The van der Waals surface area contributed by atoms with E-state index < -0.39 is 6.09 Å². The van der Waals surface area contributed by atoms with E-state index in [4.69, 9.17) is 14.2 Å². The molecule has 22 heavy (non-hydrogen) atoms. The van der Waals surface area contributed by atoms with Gasteiger partial charge in [0.25, 0.3) is 0 Å². The summed E-state index contributed by atoms with van der Waals surface area (Å²) < 4.78 is 16.2. The third-order valence-electron chi connectivity index (χ3n) is 3.36. The number of amides is 1. The van der Waals surface area contributed by atoms with E-state index in [0.717, 1.165) is 23.6 Å². The van der Waals surface area contributed by atoms with Crippen molar-refractivity contribution in [1.82, 2.24) is 5.32 Å². The fourth-order valence-corrected chi connectivity index (χ4v) is 2.21. The molecule has 0 heterocycles. The molecule has 0 aliphatic carbocycles. The molecule has 5 nitrogen and oxygen atoms in total. The fraction of sp³-hybridized carbons (Fsp3) is 0.353. The van der Waals surface area contributed by atoms with Gasteiger partial charge >= 0.3 is 6.09 Å². The molecule has 2 rings (SSSR count). The summed E-state index contributed by atoms with van der Waals surface area (Å²) in [5, 5.41) is 4.36. The Morgan fingerprint density at radius 1 is 1.09 bits per heavy atom. The van der Waals surface area contributed by atoms with Gasteiger partial charge in [-0.15, -0.1) is 0 Å². The minimum atomic E-state index is -0.484. The Balaban J connectivity index is 2.37. The summed E-state index contributed by atoms with van der Waals surface area (Å²) in [6.07, 6.45) is 1.44. The van der Waals surface area contributed by atoms with E-state index in [2.05, 4.69) is 12.2 Å². The molecule has 0 fully saturated rings. The van der Waals surface area contributed by atoms with Gasteiger partial charge in [0, 0.05) is 23.4 Å². The van der Waals surface area contributed by atoms with Crippen molar-refractivity contribution in [3.63, 3.8) is 0 Å². The molecule has 0 saturated heterocycles. The number of carbonyl (C=O) groups excluding carboxylic acids is 1. The van der Waals surface area contributed by atoms with Crippen molar-refractivity contribution in [2.45, 2.75) is 19.8 Å². The maximum atomic E-state index is 11.9. The summed E-state index contributed by atoms with van der Waals surface area (Å²) in [4.78, 5) is 11.9. The normalized spacial score (nSPS) is 10.3. The third-order valence-corrected chi connectivity index (χ3v) is 3.36. The lowest BCUT2D eigenvalue weighted by atomic mass is 10.1. The van der Waals surface area contributed by atoms with Gasteiger partial charge in [-0.2, -0.15) is 0 Å². The van der Waals surface area contributed by atoms with Crippen LogP contribution < -0.4 is 19.5 Å². The highest BCUT2D eigenvalue weighted by atomic mass is 16.6. The Bertz CT molecular complexity index is 654. The number of ether oxygens (including phenoxy) is 3. The van der Waals surface area contributed by atoms with Crippen LogP contribution in [0.15, 0.2) is 30.3 Å². The predicted octanol–water partition coefficient (Wildman–Crippen LogP) is 3.75. The van der Waals surface area contributed by atoms with Crippen molar-refractivity contribution in [3.8, 4) is 17.2 Å². The molecule has 2 aromatic carbocycles. The second-order valence-electron chi connectivity index (χ2n) is 4.83. The van der Waals surface area contributed by atoms with Crippen molar-refractivity contribution in [1.29, 1.82) is 0 Å². The Hall–Kier alpha value is -2.43. The number of carbonyl (C=O) groups is 1. The van der Waals surface area contributed by atoms with Gasteiger partial charge in [-0.3, -0.25) is 0 Å². The van der Waals surface area contributed by atoms with E-state index >= 15 is 0 Å². The SMILES string of the molecule is CCCCNC(=O)Oc1c(OC)cc(OC)c2ccccc12. The standard InChI is InChI=1S/C17H21NO4/c1-4-5-10-18-17(19)22-16-13-9-7-6-8-12(13)14(20-2)11-15(16)21-3/h6-9,11H,4-5,10H2,1-3H3,(H,18,19). The number of nitrogens with one attached hydrogen (secondary N) is 1. The van der Waals surface area contributed by atoms with Crippen LogP contribution in [-0.2, 0) is 0 Å². The smallest absolute Gasteiger partial charge is 0.412 e. The van der Waals surface area contributed by atoms with Crippen molar-refractivity contribution >= 4 is 16.9 Å². The van der Waals surface area contributed by atoms with Crippen LogP contribution in [0, 0.1) is 0 Å². The predicted molar refractivity (Wildman–Crippen MR) is 86.0 cm³/mol. The van der Waals surface area contributed by atoms with Crippen molar-refractivity contribution in [3.05, 3.63) is 30.3 Å². The van der Waals surface area contributed by atoms with Crippen LogP contribution in [0.4, 0.5) is 4.79 Å². The van der Waals surface area contributed by atoms with Gasteiger partial charge in [-0.25, -0.2) is 4.79 Å². The number of hydrogen-bond donors (Lipinski definition) is 1. The van der Waals surface area contributed by atoms with E-state index in [1.807, 2.05) is 24.3 Å². The lowest BCUT2D eigenvalue weighted by Gasteiger charge is -2.15. The van der Waals surface area contributed by atoms with Crippen LogP contribution in [0.1, 0.15) is 19.8 Å². The van der Waals surface area contributed by atoms with E-state index in [9.17, 15) is 4.79 Å². The number of hydrogen-bond acceptors (Lipinski definition) is 4. The Morgan fingerprint density at radius 3 is 2.41 bits per heavy atom. The molecule has 0 aliphatic heterocycles. The van der Waals surface area contributed by atoms with Crippen LogP contribution in [0.3, 0.4) is 0 Å². The molecule has 0 radical (unpaired) electrons. The minimum Gasteiger partial charge on any atom is -0.496 e. The summed E-state index contributed by atoms with van der Waals surface area (Å²) in [6.45, 7) is 2.65. The molecule has 1 amide bonds. The second-order valence-corrected chi connectivity index (χ2v) is 4.83. The maximum Gasteiger partial charge on any atom is 0.412 e. The van der Waals surface area contributed by atoms with Crippen LogP contribution in [0.25, 0.3) is 10.8 Å². The summed E-state index contributed by atoms with van der Waals surface area (Å²) in [5.41, 5.74) is 0. The zero-order valence-corrected chi connectivity index (χ0v) is 13.1. The summed E-state index contributed by atoms with van der Waals surface area (Å²) >= 11 is 0. The molecular weight excluding hydrogens is 282 g/mol. The molecule has 0 spiro atoms. The molecule has 0 bridgehead atoms. The average molecular weight is 303 g/mol.